The molecule has 0 fully saturated rings. The van der Waals surface area contributed by atoms with Crippen molar-refractivity contribution >= 4 is 17.5 Å². The van der Waals surface area contributed by atoms with Gasteiger partial charge >= 0.3 is 5.97 Å². The van der Waals surface area contributed by atoms with Crippen LogP contribution in [0.3, 0.4) is 0 Å². The van der Waals surface area contributed by atoms with E-state index in [1.54, 1.807) is 30.5 Å². The predicted octanol–water partition coefficient (Wildman–Crippen LogP) is 5.15. The number of rotatable bonds is 5. The maximum atomic E-state index is 11.0. The largest absolute Gasteiger partial charge is 0.478 e. The molecule has 0 amide bonds. The Kier molecular flexibility index (Phi) is 4.60. The lowest BCUT2D eigenvalue weighted by molar-refractivity contribution is 0.0697. The molecule has 0 aliphatic carbocycles. The maximum Gasteiger partial charge on any atom is 0.335 e. The maximum absolute atomic E-state index is 11.0. The standard InChI is InChI=1S/C22H17N3O3/c1-14-20(21(25-28-14)15-5-3-2-4-6-15)17-11-12-23-19(13-17)24-18-9-7-16(8-10-18)22(26)27/h2-13H,1H3,(H,23,24)(H,26,27). The van der Waals surface area contributed by atoms with E-state index in [-0.39, 0.29) is 5.56 Å². The summed E-state index contributed by atoms with van der Waals surface area (Å²) in [5.41, 5.74) is 4.58. The van der Waals surface area contributed by atoms with Gasteiger partial charge in [0.25, 0.3) is 0 Å². The molecule has 138 valence electrons. The zero-order valence-corrected chi connectivity index (χ0v) is 15.1. The fourth-order valence-corrected chi connectivity index (χ4v) is 3.00. The lowest BCUT2D eigenvalue weighted by Gasteiger charge is -2.08. The average Bonchev–Trinajstić information content (AvgIpc) is 3.11. The van der Waals surface area contributed by atoms with Gasteiger partial charge in [-0.2, -0.15) is 0 Å². The Morgan fingerprint density at radius 2 is 1.75 bits per heavy atom. The van der Waals surface area contributed by atoms with Gasteiger partial charge in [-0.25, -0.2) is 9.78 Å². The fourth-order valence-electron chi connectivity index (χ4n) is 3.00. The number of carboxylic acid groups (broad SMARTS) is 1. The molecule has 0 radical (unpaired) electrons. The first-order chi connectivity index (χ1) is 13.6. The fraction of sp³-hybridized carbons (Fsp3) is 0.0455. The van der Waals surface area contributed by atoms with Gasteiger partial charge in [0.05, 0.1) is 11.1 Å². The van der Waals surface area contributed by atoms with Crippen molar-refractivity contribution < 1.29 is 14.4 Å². The van der Waals surface area contributed by atoms with Gasteiger partial charge in [0.2, 0.25) is 0 Å². The third kappa shape index (κ3) is 3.48. The molecule has 0 saturated carbocycles. The van der Waals surface area contributed by atoms with E-state index in [0.717, 1.165) is 33.8 Å². The summed E-state index contributed by atoms with van der Waals surface area (Å²) < 4.78 is 5.45. The first-order valence-electron chi connectivity index (χ1n) is 8.70. The summed E-state index contributed by atoms with van der Waals surface area (Å²) in [6.45, 7) is 1.88. The molecule has 6 heteroatoms. The molecule has 0 aliphatic heterocycles. The lowest BCUT2D eigenvalue weighted by Crippen LogP contribution is -1.97. The van der Waals surface area contributed by atoms with Gasteiger partial charge in [-0.15, -0.1) is 0 Å². The van der Waals surface area contributed by atoms with Gasteiger partial charge in [-0.05, 0) is 48.9 Å². The summed E-state index contributed by atoms with van der Waals surface area (Å²) in [6.07, 6.45) is 1.71. The highest BCUT2D eigenvalue weighted by molar-refractivity contribution is 5.88. The van der Waals surface area contributed by atoms with Crippen molar-refractivity contribution in [1.82, 2.24) is 10.1 Å². The lowest BCUT2D eigenvalue weighted by atomic mass is 10.0. The van der Waals surface area contributed by atoms with Crippen molar-refractivity contribution in [3.63, 3.8) is 0 Å². The SMILES string of the molecule is Cc1onc(-c2ccccc2)c1-c1ccnc(Nc2ccc(C(=O)O)cc2)c1. The minimum absolute atomic E-state index is 0.236. The number of aryl methyl sites for hydroxylation is 1. The normalized spacial score (nSPS) is 10.6. The van der Waals surface area contributed by atoms with Gasteiger partial charge in [0, 0.05) is 17.4 Å². The van der Waals surface area contributed by atoms with E-state index in [1.165, 1.54) is 0 Å². The van der Waals surface area contributed by atoms with Crippen LogP contribution in [0.2, 0.25) is 0 Å². The number of nitrogens with one attached hydrogen (secondary N) is 1. The molecular formula is C22H17N3O3. The molecule has 4 rings (SSSR count). The third-order valence-corrected chi connectivity index (χ3v) is 4.36. The number of hydrogen-bond acceptors (Lipinski definition) is 5. The number of aromatic nitrogens is 2. The van der Waals surface area contributed by atoms with E-state index in [0.29, 0.717) is 5.82 Å². The second-order valence-electron chi connectivity index (χ2n) is 6.27. The molecule has 0 unspecified atom stereocenters. The second-order valence-corrected chi connectivity index (χ2v) is 6.27. The molecule has 0 bridgehead atoms. The zero-order chi connectivity index (χ0) is 19.5. The van der Waals surface area contributed by atoms with Gasteiger partial charge < -0.3 is 14.9 Å². The molecule has 2 aromatic carbocycles. The summed E-state index contributed by atoms with van der Waals surface area (Å²) in [6, 6.07) is 20.2. The number of carboxylic acids is 1. The van der Waals surface area contributed by atoms with Crippen LogP contribution in [0.1, 0.15) is 16.1 Å². The molecule has 0 atom stereocenters. The van der Waals surface area contributed by atoms with Gasteiger partial charge in [0.1, 0.15) is 17.3 Å². The molecule has 28 heavy (non-hydrogen) atoms. The Morgan fingerprint density at radius 3 is 2.46 bits per heavy atom. The van der Waals surface area contributed by atoms with Crippen LogP contribution in [0.4, 0.5) is 11.5 Å². The molecule has 0 aliphatic rings. The number of anilines is 2. The van der Waals surface area contributed by atoms with E-state index >= 15 is 0 Å². The predicted molar refractivity (Wildman–Crippen MR) is 107 cm³/mol. The molecular weight excluding hydrogens is 354 g/mol. The summed E-state index contributed by atoms with van der Waals surface area (Å²) in [5.74, 6) is 0.407. The minimum atomic E-state index is -0.956. The number of hydrogen-bond donors (Lipinski definition) is 2. The van der Waals surface area contributed by atoms with Crippen molar-refractivity contribution in [3.8, 4) is 22.4 Å². The van der Waals surface area contributed by atoms with E-state index in [9.17, 15) is 4.79 Å². The monoisotopic (exact) mass is 371 g/mol. The van der Waals surface area contributed by atoms with E-state index in [4.69, 9.17) is 9.63 Å². The van der Waals surface area contributed by atoms with Crippen molar-refractivity contribution in [2.24, 2.45) is 0 Å². The van der Waals surface area contributed by atoms with Crippen LogP contribution in [-0.4, -0.2) is 21.2 Å². The molecule has 4 aromatic rings. The van der Waals surface area contributed by atoms with Crippen LogP contribution in [0, 0.1) is 6.92 Å². The Balaban J connectivity index is 1.67. The summed E-state index contributed by atoms with van der Waals surface area (Å²) >= 11 is 0. The van der Waals surface area contributed by atoms with Crippen LogP contribution in [-0.2, 0) is 0 Å². The van der Waals surface area contributed by atoms with E-state index in [2.05, 4.69) is 15.5 Å². The first kappa shape index (κ1) is 17.5. The zero-order valence-electron chi connectivity index (χ0n) is 15.1. The first-order valence-corrected chi connectivity index (χ1v) is 8.70. The molecule has 2 N–H and O–H groups in total. The summed E-state index contributed by atoms with van der Waals surface area (Å²) in [7, 11) is 0. The number of aromatic carboxylic acids is 1. The van der Waals surface area contributed by atoms with Gasteiger partial charge in [-0.1, -0.05) is 35.5 Å². The van der Waals surface area contributed by atoms with Crippen LogP contribution >= 0.6 is 0 Å². The van der Waals surface area contributed by atoms with Gasteiger partial charge in [-0.3, -0.25) is 0 Å². The second kappa shape index (κ2) is 7.36. The highest BCUT2D eigenvalue weighted by Crippen LogP contribution is 2.35. The Bertz CT molecular complexity index is 1120. The van der Waals surface area contributed by atoms with Gasteiger partial charge in [0.15, 0.2) is 0 Å². The molecule has 2 heterocycles. The Labute approximate surface area is 161 Å². The highest BCUT2D eigenvalue weighted by atomic mass is 16.5. The Hall–Kier alpha value is -3.93. The topological polar surface area (TPSA) is 88.3 Å². The summed E-state index contributed by atoms with van der Waals surface area (Å²) in [4.78, 5) is 15.3. The van der Waals surface area contributed by atoms with Crippen molar-refractivity contribution in [2.45, 2.75) is 6.92 Å². The summed E-state index contributed by atoms with van der Waals surface area (Å²) in [5, 5.41) is 16.4. The van der Waals surface area contributed by atoms with E-state index < -0.39 is 5.97 Å². The average molecular weight is 371 g/mol. The highest BCUT2D eigenvalue weighted by Gasteiger charge is 2.17. The van der Waals surface area contributed by atoms with E-state index in [1.807, 2.05) is 49.4 Å². The Morgan fingerprint density at radius 1 is 1.00 bits per heavy atom. The van der Waals surface area contributed by atoms with Crippen LogP contribution in [0.25, 0.3) is 22.4 Å². The minimum Gasteiger partial charge on any atom is -0.478 e. The smallest absolute Gasteiger partial charge is 0.335 e. The van der Waals surface area contributed by atoms with Crippen molar-refractivity contribution in [1.29, 1.82) is 0 Å². The molecule has 0 saturated heterocycles. The van der Waals surface area contributed by atoms with Crippen LogP contribution in [0.5, 0.6) is 0 Å². The molecule has 0 spiro atoms. The molecule has 2 aromatic heterocycles. The quantitative estimate of drug-likeness (QED) is 0.504. The molecule has 6 nitrogen and oxygen atoms in total. The number of carbonyl (C=O) groups is 1. The van der Waals surface area contributed by atoms with Crippen molar-refractivity contribution in [2.75, 3.05) is 5.32 Å². The van der Waals surface area contributed by atoms with Crippen molar-refractivity contribution in [3.05, 3.63) is 84.3 Å². The van der Waals surface area contributed by atoms with Crippen LogP contribution < -0.4 is 5.32 Å². The number of pyridine rings is 1. The number of nitrogens with zero attached hydrogens (tertiary/aromatic N) is 2. The third-order valence-electron chi connectivity index (χ3n) is 4.36. The van der Waals surface area contributed by atoms with Crippen LogP contribution in [0.15, 0.2) is 77.4 Å². The number of benzene rings is 2.